The predicted octanol–water partition coefficient (Wildman–Crippen LogP) is 3.46. The highest BCUT2D eigenvalue weighted by Gasteiger charge is 2.15. The smallest absolute Gasteiger partial charge is 0.262 e. The largest absolute Gasteiger partial charge is 0.352 e. The van der Waals surface area contributed by atoms with Crippen LogP contribution in [0, 0.1) is 0 Å². The third-order valence-electron chi connectivity index (χ3n) is 4.37. The Bertz CT molecular complexity index is 1140. The molecule has 0 aliphatic carbocycles. The molecule has 3 aromatic rings. The number of aromatic nitrogens is 2. The van der Waals surface area contributed by atoms with Crippen molar-refractivity contribution in [2.24, 2.45) is 0 Å². The third-order valence-corrected chi connectivity index (χ3v) is 5.32. The fraction of sp³-hybridized carbons (Fsp3) is 0.273. The van der Waals surface area contributed by atoms with Crippen molar-refractivity contribution in [1.29, 1.82) is 0 Å². The molecule has 2 amide bonds. The van der Waals surface area contributed by atoms with Gasteiger partial charge in [0.15, 0.2) is 5.16 Å². The van der Waals surface area contributed by atoms with E-state index in [2.05, 4.69) is 15.6 Å². The van der Waals surface area contributed by atoms with Crippen LogP contribution >= 0.6 is 11.8 Å². The Kier molecular flexibility index (Phi) is 6.89. The second-order valence-corrected chi connectivity index (χ2v) is 7.90. The van der Waals surface area contributed by atoms with Crippen molar-refractivity contribution in [3.63, 3.8) is 0 Å². The molecule has 0 bridgehead atoms. The van der Waals surface area contributed by atoms with Gasteiger partial charge in [-0.05, 0) is 51.1 Å². The zero-order valence-electron chi connectivity index (χ0n) is 17.1. The molecule has 7 nitrogen and oxygen atoms in total. The summed E-state index contributed by atoms with van der Waals surface area (Å²) in [5.41, 5.74) is 1.51. The number of benzene rings is 2. The number of amides is 2. The molecule has 2 N–H and O–H groups in total. The monoisotopic (exact) mass is 424 g/mol. The Labute approximate surface area is 178 Å². The lowest BCUT2D eigenvalue weighted by Crippen LogP contribution is -2.25. The first-order chi connectivity index (χ1) is 14.4. The molecule has 0 unspecified atom stereocenters. The second kappa shape index (κ2) is 9.58. The van der Waals surface area contributed by atoms with Crippen LogP contribution in [-0.2, 0) is 4.79 Å². The molecule has 0 spiro atoms. The van der Waals surface area contributed by atoms with E-state index in [1.54, 1.807) is 41.0 Å². The van der Waals surface area contributed by atoms with Gasteiger partial charge in [0.2, 0.25) is 5.91 Å². The zero-order valence-corrected chi connectivity index (χ0v) is 18.0. The van der Waals surface area contributed by atoms with Crippen LogP contribution in [0.25, 0.3) is 10.9 Å². The average molecular weight is 425 g/mol. The van der Waals surface area contributed by atoms with Gasteiger partial charge < -0.3 is 10.6 Å². The number of rotatable bonds is 7. The van der Waals surface area contributed by atoms with Crippen molar-refractivity contribution in [2.75, 3.05) is 17.6 Å². The molecule has 0 fully saturated rings. The lowest BCUT2D eigenvalue weighted by molar-refractivity contribution is -0.113. The van der Waals surface area contributed by atoms with Crippen molar-refractivity contribution >= 4 is 40.2 Å². The van der Waals surface area contributed by atoms with Crippen LogP contribution in [0.4, 0.5) is 5.69 Å². The van der Waals surface area contributed by atoms with Crippen molar-refractivity contribution in [3.8, 4) is 0 Å². The molecule has 8 heteroatoms. The van der Waals surface area contributed by atoms with E-state index in [0.717, 1.165) is 0 Å². The first-order valence-electron chi connectivity index (χ1n) is 9.73. The number of para-hydroxylation sites is 1. The number of nitrogens with zero attached hydrogens (tertiary/aromatic N) is 2. The number of thioether (sulfide) groups is 1. The summed E-state index contributed by atoms with van der Waals surface area (Å²) in [7, 11) is 0. The number of nitrogens with one attached hydrogen (secondary N) is 2. The first-order valence-corrected chi connectivity index (χ1v) is 10.7. The van der Waals surface area contributed by atoms with Gasteiger partial charge >= 0.3 is 0 Å². The van der Waals surface area contributed by atoms with E-state index in [-0.39, 0.29) is 29.2 Å². The minimum absolute atomic E-state index is 0.0862. The van der Waals surface area contributed by atoms with Gasteiger partial charge in [-0.1, -0.05) is 30.0 Å². The molecule has 0 atom stereocenters. The molecule has 2 aromatic carbocycles. The molecule has 3 rings (SSSR count). The summed E-state index contributed by atoms with van der Waals surface area (Å²) in [5.74, 6) is -0.349. The fourth-order valence-corrected chi connectivity index (χ4v) is 3.94. The summed E-state index contributed by atoms with van der Waals surface area (Å²) in [6.45, 7) is 6.20. The highest BCUT2D eigenvalue weighted by Crippen LogP contribution is 2.21. The minimum atomic E-state index is -0.245. The lowest BCUT2D eigenvalue weighted by Gasteiger charge is -2.16. The number of carbonyl (C=O) groups is 2. The first kappa shape index (κ1) is 21.6. The van der Waals surface area contributed by atoms with Crippen LogP contribution in [0.3, 0.4) is 0 Å². The van der Waals surface area contributed by atoms with E-state index in [1.165, 1.54) is 11.8 Å². The summed E-state index contributed by atoms with van der Waals surface area (Å²) >= 11 is 1.21. The van der Waals surface area contributed by atoms with Gasteiger partial charge in [-0.3, -0.25) is 19.0 Å². The molecule has 0 saturated carbocycles. The Morgan fingerprint density at radius 2 is 1.90 bits per heavy atom. The standard InChI is InChI=1S/C22H24N4O3S/c1-4-23-20(28)15-8-7-9-16(12-15)24-19(27)13-30-22-25-18-11-6-5-10-17(18)21(29)26(22)14(2)3/h5-12,14H,4,13H2,1-3H3,(H,23,28)(H,24,27). The molecule has 1 heterocycles. The molecule has 0 radical (unpaired) electrons. The number of fused-ring (bicyclic) bond motifs is 1. The molecule has 30 heavy (non-hydrogen) atoms. The van der Waals surface area contributed by atoms with Gasteiger partial charge in [0.25, 0.3) is 11.5 Å². The van der Waals surface area contributed by atoms with Gasteiger partial charge in [-0.25, -0.2) is 4.98 Å². The summed E-state index contributed by atoms with van der Waals surface area (Å²) in [6, 6.07) is 13.9. The number of anilines is 1. The van der Waals surface area contributed by atoms with Crippen LogP contribution in [0.1, 0.15) is 37.2 Å². The fourth-order valence-electron chi connectivity index (χ4n) is 3.01. The van der Waals surface area contributed by atoms with E-state index in [4.69, 9.17) is 0 Å². The van der Waals surface area contributed by atoms with Crippen LogP contribution in [0.15, 0.2) is 58.5 Å². The maximum Gasteiger partial charge on any atom is 0.262 e. The third kappa shape index (κ3) is 4.88. The normalized spacial score (nSPS) is 10.9. The van der Waals surface area contributed by atoms with Crippen molar-refractivity contribution in [1.82, 2.24) is 14.9 Å². The molecule has 1 aromatic heterocycles. The minimum Gasteiger partial charge on any atom is -0.352 e. The highest BCUT2D eigenvalue weighted by molar-refractivity contribution is 7.99. The lowest BCUT2D eigenvalue weighted by atomic mass is 10.2. The van der Waals surface area contributed by atoms with Gasteiger partial charge in [0.1, 0.15) is 0 Å². The van der Waals surface area contributed by atoms with Crippen molar-refractivity contribution in [2.45, 2.75) is 32.0 Å². The van der Waals surface area contributed by atoms with Gasteiger partial charge in [-0.15, -0.1) is 0 Å². The summed E-state index contributed by atoms with van der Waals surface area (Å²) < 4.78 is 1.61. The molecular weight excluding hydrogens is 400 g/mol. The second-order valence-electron chi connectivity index (χ2n) is 6.96. The summed E-state index contributed by atoms with van der Waals surface area (Å²) in [5, 5.41) is 6.58. The van der Waals surface area contributed by atoms with Crippen molar-refractivity contribution in [3.05, 3.63) is 64.4 Å². The molecule has 0 aliphatic heterocycles. The van der Waals surface area contributed by atoms with Gasteiger partial charge in [-0.2, -0.15) is 0 Å². The highest BCUT2D eigenvalue weighted by atomic mass is 32.2. The quantitative estimate of drug-likeness (QED) is 0.448. The topological polar surface area (TPSA) is 93.1 Å². The summed E-state index contributed by atoms with van der Waals surface area (Å²) in [4.78, 5) is 41.9. The Morgan fingerprint density at radius 3 is 2.63 bits per heavy atom. The van der Waals surface area contributed by atoms with E-state index in [1.807, 2.05) is 32.9 Å². The maximum absolute atomic E-state index is 12.9. The molecule has 0 aliphatic rings. The van der Waals surface area contributed by atoms with E-state index >= 15 is 0 Å². The Hall–Kier alpha value is -3.13. The van der Waals surface area contributed by atoms with Crippen molar-refractivity contribution < 1.29 is 9.59 Å². The van der Waals surface area contributed by atoms with Crippen LogP contribution < -0.4 is 16.2 Å². The molecular formula is C22H24N4O3S. The van der Waals surface area contributed by atoms with Gasteiger partial charge in [0, 0.05) is 23.8 Å². The number of hydrogen-bond donors (Lipinski definition) is 2. The zero-order chi connectivity index (χ0) is 21.7. The SMILES string of the molecule is CCNC(=O)c1cccc(NC(=O)CSc2nc3ccccc3c(=O)n2C(C)C)c1. The van der Waals surface area contributed by atoms with Gasteiger partial charge in [0.05, 0.1) is 16.7 Å². The summed E-state index contributed by atoms with van der Waals surface area (Å²) in [6.07, 6.45) is 0. The van der Waals surface area contributed by atoms with E-state index < -0.39 is 0 Å². The van der Waals surface area contributed by atoms with E-state index in [0.29, 0.717) is 33.9 Å². The number of carbonyl (C=O) groups excluding carboxylic acids is 2. The maximum atomic E-state index is 12.9. The average Bonchev–Trinajstić information content (AvgIpc) is 2.72. The number of hydrogen-bond acceptors (Lipinski definition) is 5. The van der Waals surface area contributed by atoms with Crippen LogP contribution in [0.2, 0.25) is 0 Å². The predicted molar refractivity (Wildman–Crippen MR) is 120 cm³/mol. The molecule has 0 saturated heterocycles. The molecule has 156 valence electrons. The van der Waals surface area contributed by atoms with Crippen LogP contribution in [0.5, 0.6) is 0 Å². The van der Waals surface area contributed by atoms with E-state index in [9.17, 15) is 14.4 Å². The Balaban J connectivity index is 1.76. The van der Waals surface area contributed by atoms with Crippen LogP contribution in [-0.4, -0.2) is 33.7 Å². The Morgan fingerprint density at radius 1 is 1.13 bits per heavy atom.